The van der Waals surface area contributed by atoms with Gasteiger partial charge in [0, 0.05) is 30.9 Å². The van der Waals surface area contributed by atoms with E-state index in [0.29, 0.717) is 31.7 Å². The van der Waals surface area contributed by atoms with Crippen molar-refractivity contribution < 1.29 is 28.6 Å². The van der Waals surface area contributed by atoms with Crippen molar-refractivity contribution >= 4 is 17.7 Å². The average Bonchev–Trinajstić information content (AvgIpc) is 2.56. The van der Waals surface area contributed by atoms with Crippen molar-refractivity contribution in [3.05, 3.63) is 24.0 Å². The van der Waals surface area contributed by atoms with Crippen molar-refractivity contribution in [1.29, 1.82) is 0 Å². The van der Waals surface area contributed by atoms with E-state index in [9.17, 15) is 14.0 Å². The Hall–Kier alpha value is -2.35. The van der Waals surface area contributed by atoms with Crippen LogP contribution in [0.4, 0.5) is 14.9 Å². The summed E-state index contributed by atoms with van der Waals surface area (Å²) in [7, 11) is 0. The van der Waals surface area contributed by atoms with Gasteiger partial charge in [0.1, 0.15) is 17.7 Å². The highest BCUT2D eigenvalue weighted by atomic mass is 19.1. The van der Waals surface area contributed by atoms with E-state index in [-0.39, 0.29) is 24.7 Å². The number of carbonyl (C=O) groups excluding carboxylic acids is 1. The second-order valence-corrected chi connectivity index (χ2v) is 6.93. The van der Waals surface area contributed by atoms with Gasteiger partial charge in [0.05, 0.1) is 18.9 Å². The van der Waals surface area contributed by atoms with Gasteiger partial charge in [0.15, 0.2) is 0 Å². The molecule has 1 aromatic rings. The summed E-state index contributed by atoms with van der Waals surface area (Å²) in [6, 6.07) is 3.40. The first-order valence-corrected chi connectivity index (χ1v) is 8.60. The van der Waals surface area contributed by atoms with E-state index in [1.807, 2.05) is 0 Å². The zero-order valence-electron chi connectivity index (χ0n) is 15.0. The number of carboxylic acids is 1. The van der Waals surface area contributed by atoms with E-state index in [1.165, 1.54) is 18.2 Å². The molecule has 1 aliphatic heterocycles. The normalized spacial score (nSPS) is 15.3. The lowest BCUT2D eigenvalue weighted by Crippen LogP contribution is -2.45. The van der Waals surface area contributed by atoms with Gasteiger partial charge in [-0.2, -0.15) is 0 Å². The van der Waals surface area contributed by atoms with Gasteiger partial charge in [0.25, 0.3) is 0 Å². The third-order valence-electron chi connectivity index (χ3n) is 4.07. The zero-order chi connectivity index (χ0) is 19.2. The van der Waals surface area contributed by atoms with E-state index in [4.69, 9.17) is 14.6 Å². The number of amides is 2. The minimum absolute atomic E-state index is 0.0536. The number of hydrogen-bond acceptors (Lipinski definition) is 4. The maximum absolute atomic E-state index is 13.6. The molecule has 7 nitrogen and oxygen atoms in total. The quantitative estimate of drug-likeness (QED) is 0.687. The van der Waals surface area contributed by atoms with Crippen LogP contribution in [0.3, 0.4) is 0 Å². The highest BCUT2D eigenvalue weighted by Crippen LogP contribution is 2.28. The van der Waals surface area contributed by atoms with Crippen LogP contribution in [0.15, 0.2) is 18.2 Å². The molecule has 0 radical (unpaired) electrons. The van der Waals surface area contributed by atoms with Gasteiger partial charge in [-0.15, -0.1) is 0 Å². The van der Waals surface area contributed by atoms with Gasteiger partial charge in [-0.05, 0) is 32.4 Å². The number of halogens is 1. The van der Waals surface area contributed by atoms with Crippen LogP contribution < -0.4 is 15.4 Å². The van der Waals surface area contributed by atoms with Gasteiger partial charge < -0.3 is 25.2 Å². The molecule has 0 aromatic heterocycles. The fourth-order valence-electron chi connectivity index (χ4n) is 2.61. The van der Waals surface area contributed by atoms with Crippen LogP contribution in [0.5, 0.6) is 5.75 Å². The van der Waals surface area contributed by atoms with Gasteiger partial charge in [-0.3, -0.25) is 4.79 Å². The van der Waals surface area contributed by atoms with Crippen molar-refractivity contribution in [1.82, 2.24) is 5.32 Å². The Morgan fingerprint density at radius 1 is 1.35 bits per heavy atom. The predicted molar refractivity (Wildman–Crippen MR) is 94.0 cm³/mol. The molecule has 1 heterocycles. The summed E-state index contributed by atoms with van der Waals surface area (Å²) in [5.41, 5.74) is -0.353. The first kappa shape index (κ1) is 20.0. The Morgan fingerprint density at radius 3 is 2.69 bits per heavy atom. The molecule has 2 rings (SSSR count). The molecule has 0 atom stereocenters. The number of carboxylic acid groups (broad SMARTS) is 1. The topological polar surface area (TPSA) is 96.9 Å². The Balaban J connectivity index is 2.01. The maximum Gasteiger partial charge on any atom is 0.319 e. The Kier molecular flexibility index (Phi) is 6.79. The summed E-state index contributed by atoms with van der Waals surface area (Å²) in [4.78, 5) is 23.0. The zero-order valence-corrected chi connectivity index (χ0v) is 15.0. The molecule has 0 saturated carbocycles. The molecule has 3 N–H and O–H groups in total. The summed E-state index contributed by atoms with van der Waals surface area (Å²) in [5, 5.41) is 14.1. The molecule has 0 spiro atoms. The molecular weight excluding hydrogens is 343 g/mol. The van der Waals surface area contributed by atoms with Gasteiger partial charge >= 0.3 is 12.0 Å². The molecule has 0 bridgehead atoms. The predicted octanol–water partition coefficient (Wildman–Crippen LogP) is 3.15. The number of carbonyl (C=O) groups is 2. The molecule has 1 fully saturated rings. The minimum Gasteiger partial charge on any atom is -0.488 e. The molecule has 0 aliphatic carbocycles. The van der Waals surface area contributed by atoms with Gasteiger partial charge in [-0.1, -0.05) is 0 Å². The number of anilines is 1. The van der Waals surface area contributed by atoms with Crippen molar-refractivity contribution in [2.45, 2.75) is 51.2 Å². The Morgan fingerprint density at radius 2 is 2.04 bits per heavy atom. The van der Waals surface area contributed by atoms with Crippen molar-refractivity contribution in [2.24, 2.45) is 0 Å². The summed E-state index contributed by atoms with van der Waals surface area (Å²) in [6.07, 6.45) is 1.53. The van der Waals surface area contributed by atoms with Crippen molar-refractivity contribution in [2.75, 3.05) is 18.5 Å². The number of nitrogens with one attached hydrogen (secondary N) is 2. The fourth-order valence-corrected chi connectivity index (χ4v) is 2.61. The maximum atomic E-state index is 13.6. The molecular formula is C18H25FN2O5. The summed E-state index contributed by atoms with van der Waals surface area (Å²) < 4.78 is 24.7. The van der Waals surface area contributed by atoms with E-state index in [1.54, 1.807) is 13.8 Å². The van der Waals surface area contributed by atoms with Gasteiger partial charge in [0.2, 0.25) is 0 Å². The van der Waals surface area contributed by atoms with E-state index < -0.39 is 23.4 Å². The number of hydrogen-bond donors (Lipinski definition) is 3. The summed E-state index contributed by atoms with van der Waals surface area (Å²) in [5.74, 6) is -1.12. The van der Waals surface area contributed by atoms with Crippen molar-refractivity contribution in [3.63, 3.8) is 0 Å². The number of rotatable bonds is 7. The molecule has 0 unspecified atom stereocenters. The van der Waals surface area contributed by atoms with Crippen LogP contribution in [0.1, 0.15) is 39.5 Å². The smallest absolute Gasteiger partial charge is 0.319 e. The van der Waals surface area contributed by atoms with E-state index >= 15 is 0 Å². The minimum atomic E-state index is -0.925. The molecule has 26 heavy (non-hydrogen) atoms. The monoisotopic (exact) mass is 368 g/mol. The van der Waals surface area contributed by atoms with Gasteiger partial charge in [-0.25, -0.2) is 9.18 Å². The van der Waals surface area contributed by atoms with Crippen LogP contribution in [0.2, 0.25) is 0 Å². The third-order valence-corrected chi connectivity index (χ3v) is 4.07. The Labute approximate surface area is 151 Å². The number of aliphatic carboxylic acids is 1. The molecule has 1 saturated heterocycles. The second-order valence-electron chi connectivity index (χ2n) is 6.93. The summed E-state index contributed by atoms with van der Waals surface area (Å²) >= 11 is 0. The largest absolute Gasteiger partial charge is 0.488 e. The summed E-state index contributed by atoms with van der Waals surface area (Å²) in [6.45, 7) is 4.64. The van der Waals surface area contributed by atoms with Crippen LogP contribution >= 0.6 is 0 Å². The molecule has 144 valence electrons. The number of urea groups is 1. The lowest BCUT2D eigenvalue weighted by atomic mass is 9.99. The van der Waals surface area contributed by atoms with Crippen LogP contribution in [-0.2, 0) is 9.53 Å². The fraction of sp³-hybridized carbons (Fsp3) is 0.556. The lowest BCUT2D eigenvalue weighted by molar-refractivity contribution is -0.137. The molecule has 2 amide bonds. The van der Waals surface area contributed by atoms with E-state index in [0.717, 1.165) is 0 Å². The number of benzene rings is 1. The second kappa shape index (κ2) is 8.84. The third kappa shape index (κ3) is 6.51. The SMILES string of the molecule is CC(C)(CCC(=O)O)NC(=O)Nc1ccc(F)cc1OC1CCOCC1. The average molecular weight is 368 g/mol. The molecule has 8 heteroatoms. The molecule has 1 aromatic carbocycles. The van der Waals surface area contributed by atoms with E-state index in [2.05, 4.69) is 10.6 Å². The first-order valence-electron chi connectivity index (χ1n) is 8.60. The molecule has 1 aliphatic rings. The highest BCUT2D eigenvalue weighted by molar-refractivity contribution is 5.91. The van der Waals surface area contributed by atoms with Crippen molar-refractivity contribution in [3.8, 4) is 5.75 Å². The highest BCUT2D eigenvalue weighted by Gasteiger charge is 2.23. The Bertz CT molecular complexity index is 644. The van der Waals surface area contributed by atoms with Crippen LogP contribution in [0, 0.1) is 5.82 Å². The lowest BCUT2D eigenvalue weighted by Gasteiger charge is -2.27. The first-order chi connectivity index (χ1) is 12.2. The number of ether oxygens (including phenoxy) is 2. The standard InChI is InChI=1S/C18H25FN2O5/c1-18(2,8-5-16(22)23)21-17(24)20-14-4-3-12(19)11-15(14)26-13-6-9-25-10-7-13/h3-4,11,13H,5-10H2,1-2H3,(H,22,23)(H2,20,21,24). The van der Waals surface area contributed by atoms with Crippen LogP contribution in [0.25, 0.3) is 0 Å². The van der Waals surface area contributed by atoms with Crippen LogP contribution in [-0.4, -0.2) is 42.0 Å².